The number of allylic oxidation sites excluding steroid dienone is 2. The maximum atomic E-state index is 8.74. The fourth-order valence-corrected chi connectivity index (χ4v) is 0.587. The van der Waals surface area contributed by atoms with E-state index in [9.17, 15) is 0 Å². The summed E-state index contributed by atoms with van der Waals surface area (Å²) in [5.74, 6) is -0.00998. The van der Waals surface area contributed by atoms with Gasteiger partial charge in [0, 0.05) is 18.1 Å². The van der Waals surface area contributed by atoms with E-state index in [1.807, 2.05) is 0 Å². The lowest BCUT2D eigenvalue weighted by Crippen LogP contribution is -2.04. The number of rotatable bonds is 5. The summed E-state index contributed by atoms with van der Waals surface area (Å²) in [6.07, 6.45) is 6.20. The summed E-state index contributed by atoms with van der Waals surface area (Å²) >= 11 is 0. The van der Waals surface area contributed by atoms with Gasteiger partial charge in [-0.25, -0.2) is 0 Å². The van der Waals surface area contributed by atoms with Crippen LogP contribution >= 0.6 is 0 Å². The Hall–Kier alpha value is -1.70. The van der Waals surface area contributed by atoms with Gasteiger partial charge in [-0.2, -0.15) is 0 Å². The lowest BCUT2D eigenvalue weighted by Gasteiger charge is -2.13. The zero-order valence-electron chi connectivity index (χ0n) is 7.03. The molecule has 0 atom stereocenters. The highest BCUT2D eigenvalue weighted by atomic mass is 16.3. The van der Waals surface area contributed by atoms with Crippen LogP contribution in [-0.4, -0.2) is 10.0 Å². The molecule has 0 aromatic heterocycles. The van der Waals surface area contributed by atoms with E-state index in [0.717, 1.165) is 0 Å². The van der Waals surface area contributed by atoms with E-state index in [0.29, 0.717) is 5.70 Å². The normalized spacial score (nSPS) is 9.33. The van der Waals surface area contributed by atoms with Crippen molar-refractivity contribution in [1.29, 1.82) is 0 Å². The molecule has 0 heterocycles. The minimum atomic E-state index is -0.00998. The molecule has 12 heavy (non-hydrogen) atoms. The molecule has 0 aliphatic carbocycles. The summed E-state index contributed by atoms with van der Waals surface area (Å²) < 4.78 is 0. The van der Waals surface area contributed by atoms with Crippen LogP contribution in [0.1, 0.15) is 0 Å². The topological polar surface area (TPSA) is 23.5 Å². The Bertz CT molecular complexity index is 230. The minimum Gasteiger partial charge on any atom is -0.509 e. The Morgan fingerprint density at radius 3 is 1.92 bits per heavy atom. The van der Waals surface area contributed by atoms with E-state index < -0.39 is 0 Å². The highest BCUT2D eigenvalue weighted by molar-refractivity contribution is 5.22. The van der Waals surface area contributed by atoms with Crippen LogP contribution in [-0.2, 0) is 0 Å². The fraction of sp³-hybridized carbons (Fsp3) is 0. The highest BCUT2D eigenvalue weighted by Crippen LogP contribution is 2.04. The highest BCUT2D eigenvalue weighted by Gasteiger charge is 1.92. The Kier molecular flexibility index (Phi) is 4.31. The van der Waals surface area contributed by atoms with Gasteiger partial charge in [0.25, 0.3) is 0 Å². The van der Waals surface area contributed by atoms with Gasteiger partial charge >= 0.3 is 0 Å². The summed E-state index contributed by atoms with van der Waals surface area (Å²) in [6, 6.07) is 0. The molecule has 0 aliphatic rings. The minimum absolute atomic E-state index is 0.00998. The zero-order valence-corrected chi connectivity index (χ0v) is 7.03. The van der Waals surface area contributed by atoms with Crippen LogP contribution in [0.15, 0.2) is 62.3 Å². The lowest BCUT2D eigenvalue weighted by atomic mass is 10.3. The van der Waals surface area contributed by atoms with E-state index in [2.05, 4.69) is 26.3 Å². The largest absolute Gasteiger partial charge is 0.509 e. The summed E-state index contributed by atoms with van der Waals surface area (Å²) in [6.45, 7) is 14.1. The molecule has 1 N–H and O–H groups in total. The molecule has 0 aliphatic heterocycles. The summed E-state index contributed by atoms with van der Waals surface area (Å²) in [5.41, 5.74) is 0.662. The SMILES string of the molecule is C=CN(C=C)C(=C)/C=C\C(=C)O. The smallest absolute Gasteiger partial charge is 0.108 e. The summed E-state index contributed by atoms with van der Waals surface area (Å²) in [5, 5.41) is 8.74. The van der Waals surface area contributed by atoms with Crippen LogP contribution in [0.3, 0.4) is 0 Å². The van der Waals surface area contributed by atoms with Gasteiger partial charge in [0.05, 0.1) is 0 Å². The van der Waals surface area contributed by atoms with Crippen molar-refractivity contribution in [2.24, 2.45) is 0 Å². The molecule has 2 heteroatoms. The molecular weight excluding hydrogens is 150 g/mol. The molecule has 0 aromatic carbocycles. The van der Waals surface area contributed by atoms with E-state index in [4.69, 9.17) is 5.11 Å². The van der Waals surface area contributed by atoms with Crippen LogP contribution in [0, 0.1) is 0 Å². The van der Waals surface area contributed by atoms with Crippen LogP contribution < -0.4 is 0 Å². The van der Waals surface area contributed by atoms with Gasteiger partial charge in [0.15, 0.2) is 0 Å². The van der Waals surface area contributed by atoms with Crippen LogP contribution in [0.25, 0.3) is 0 Å². The number of hydrogen-bond acceptors (Lipinski definition) is 2. The third-order valence-electron chi connectivity index (χ3n) is 1.19. The zero-order chi connectivity index (χ0) is 9.56. The van der Waals surface area contributed by atoms with E-state index in [1.54, 1.807) is 23.4 Å². The first-order chi connectivity index (χ1) is 5.61. The first kappa shape index (κ1) is 10.3. The number of hydrogen-bond donors (Lipinski definition) is 1. The summed E-state index contributed by atoms with van der Waals surface area (Å²) in [7, 11) is 0. The van der Waals surface area contributed by atoms with Crippen molar-refractivity contribution in [1.82, 2.24) is 4.90 Å². The maximum Gasteiger partial charge on any atom is 0.108 e. The second-order valence-electron chi connectivity index (χ2n) is 2.09. The second-order valence-corrected chi connectivity index (χ2v) is 2.09. The molecule has 0 amide bonds. The standard InChI is InChI=1S/C10H13NO/c1-5-11(6-2)9(3)7-8-10(4)12/h5-8,12H,1-4H2/b8-7-. The van der Waals surface area contributed by atoms with Gasteiger partial charge in [-0.05, 0) is 12.2 Å². The Labute approximate surface area is 73.1 Å². The predicted molar refractivity (Wildman–Crippen MR) is 52.3 cm³/mol. The third-order valence-corrected chi connectivity index (χ3v) is 1.19. The summed E-state index contributed by atoms with van der Waals surface area (Å²) in [4.78, 5) is 1.62. The molecule has 0 spiro atoms. The molecule has 0 radical (unpaired) electrons. The molecular formula is C10H13NO. The number of aliphatic hydroxyl groups is 1. The van der Waals surface area contributed by atoms with Crippen molar-refractivity contribution < 1.29 is 5.11 Å². The van der Waals surface area contributed by atoms with Gasteiger partial charge in [-0.15, -0.1) is 0 Å². The number of nitrogens with zero attached hydrogens (tertiary/aromatic N) is 1. The molecule has 0 rings (SSSR count). The van der Waals surface area contributed by atoms with Gasteiger partial charge in [0.2, 0.25) is 0 Å². The van der Waals surface area contributed by atoms with Gasteiger partial charge in [-0.3, -0.25) is 0 Å². The molecule has 0 saturated heterocycles. The predicted octanol–water partition coefficient (Wildman–Crippen LogP) is 2.72. The molecule has 0 fully saturated rings. The van der Waals surface area contributed by atoms with Crippen molar-refractivity contribution in [3.63, 3.8) is 0 Å². The van der Waals surface area contributed by atoms with Gasteiger partial charge < -0.3 is 10.0 Å². The first-order valence-electron chi connectivity index (χ1n) is 3.40. The fourth-order valence-electron chi connectivity index (χ4n) is 0.587. The number of aliphatic hydroxyl groups excluding tert-OH is 1. The van der Waals surface area contributed by atoms with E-state index >= 15 is 0 Å². The molecule has 2 nitrogen and oxygen atoms in total. The van der Waals surface area contributed by atoms with Crippen molar-refractivity contribution in [2.45, 2.75) is 0 Å². The third kappa shape index (κ3) is 3.46. The van der Waals surface area contributed by atoms with Crippen molar-refractivity contribution >= 4 is 0 Å². The van der Waals surface area contributed by atoms with Crippen molar-refractivity contribution in [2.75, 3.05) is 0 Å². The van der Waals surface area contributed by atoms with Crippen molar-refractivity contribution in [3.8, 4) is 0 Å². The Balaban J connectivity index is 4.28. The quantitative estimate of drug-likeness (QED) is 0.497. The lowest BCUT2D eigenvalue weighted by molar-refractivity contribution is 0.435. The molecule has 0 aromatic rings. The average molecular weight is 163 g/mol. The van der Waals surface area contributed by atoms with Crippen LogP contribution in [0.2, 0.25) is 0 Å². The maximum absolute atomic E-state index is 8.74. The Morgan fingerprint density at radius 1 is 1.08 bits per heavy atom. The molecule has 0 unspecified atom stereocenters. The van der Waals surface area contributed by atoms with Crippen LogP contribution in [0.4, 0.5) is 0 Å². The van der Waals surface area contributed by atoms with E-state index in [1.165, 1.54) is 6.08 Å². The van der Waals surface area contributed by atoms with Gasteiger partial charge in [0.1, 0.15) is 5.76 Å². The average Bonchev–Trinajstić information content (AvgIpc) is 2.03. The van der Waals surface area contributed by atoms with Gasteiger partial charge in [-0.1, -0.05) is 26.3 Å². The van der Waals surface area contributed by atoms with Crippen LogP contribution in [0.5, 0.6) is 0 Å². The first-order valence-corrected chi connectivity index (χ1v) is 3.40. The molecule has 0 bridgehead atoms. The Morgan fingerprint density at radius 2 is 1.58 bits per heavy atom. The molecule has 0 saturated carbocycles. The van der Waals surface area contributed by atoms with Crippen molar-refractivity contribution in [3.05, 3.63) is 62.3 Å². The monoisotopic (exact) mass is 163 g/mol. The second kappa shape index (κ2) is 5.02. The molecule has 64 valence electrons. The van der Waals surface area contributed by atoms with E-state index in [-0.39, 0.29) is 5.76 Å².